The smallest absolute Gasteiger partial charge is 0.227 e. The van der Waals surface area contributed by atoms with E-state index in [9.17, 15) is 5.11 Å². The third kappa shape index (κ3) is 2.72. The maximum Gasteiger partial charge on any atom is 0.227 e. The Hall–Kier alpha value is -2.15. The summed E-state index contributed by atoms with van der Waals surface area (Å²) in [5.74, 6) is 2.39. The summed E-state index contributed by atoms with van der Waals surface area (Å²) in [6.07, 6.45) is 5.81. The van der Waals surface area contributed by atoms with Gasteiger partial charge in [0.05, 0.1) is 12.6 Å². The summed E-state index contributed by atoms with van der Waals surface area (Å²) in [5.41, 5.74) is 0. The van der Waals surface area contributed by atoms with Crippen LogP contribution < -0.4 is 9.80 Å². The van der Waals surface area contributed by atoms with Gasteiger partial charge in [-0.3, -0.25) is 0 Å². The summed E-state index contributed by atoms with van der Waals surface area (Å²) in [5, 5.41) is 9.60. The van der Waals surface area contributed by atoms with E-state index in [2.05, 4.69) is 24.8 Å². The molecule has 0 saturated carbocycles. The molecule has 0 bridgehead atoms. The van der Waals surface area contributed by atoms with Gasteiger partial charge in [0.15, 0.2) is 0 Å². The summed E-state index contributed by atoms with van der Waals surface area (Å²) in [7, 11) is 1.93. The zero-order valence-electron chi connectivity index (χ0n) is 11.4. The fourth-order valence-corrected chi connectivity index (χ4v) is 2.33. The SMILES string of the molecule is CN(Cc1ncc[nH]1)c1nccc(N2CC[C@H](O)C2)n1. The third-order valence-electron chi connectivity index (χ3n) is 3.40. The van der Waals surface area contributed by atoms with Gasteiger partial charge in [0.25, 0.3) is 0 Å². The molecular weight excluding hydrogens is 256 g/mol. The summed E-state index contributed by atoms with van der Waals surface area (Å²) in [6, 6.07) is 1.88. The molecule has 0 amide bonds. The van der Waals surface area contributed by atoms with Gasteiger partial charge in [-0.15, -0.1) is 0 Å². The molecule has 2 N–H and O–H groups in total. The lowest BCUT2D eigenvalue weighted by atomic mass is 10.3. The summed E-state index contributed by atoms with van der Waals surface area (Å²) < 4.78 is 0. The Balaban J connectivity index is 1.73. The first-order valence-corrected chi connectivity index (χ1v) is 6.68. The van der Waals surface area contributed by atoms with Gasteiger partial charge in [-0.05, 0) is 12.5 Å². The number of hydrogen-bond donors (Lipinski definition) is 2. The van der Waals surface area contributed by atoms with Crippen molar-refractivity contribution in [2.24, 2.45) is 0 Å². The number of rotatable bonds is 4. The first kappa shape index (κ1) is 12.9. The van der Waals surface area contributed by atoms with Crippen LogP contribution in [0.3, 0.4) is 0 Å². The maximum atomic E-state index is 9.60. The molecule has 3 heterocycles. The van der Waals surface area contributed by atoms with Crippen molar-refractivity contribution in [1.29, 1.82) is 0 Å². The zero-order chi connectivity index (χ0) is 13.9. The Kier molecular flexibility index (Phi) is 3.51. The fourth-order valence-electron chi connectivity index (χ4n) is 2.33. The molecule has 20 heavy (non-hydrogen) atoms. The molecule has 1 fully saturated rings. The van der Waals surface area contributed by atoms with Crippen LogP contribution in [0.15, 0.2) is 24.7 Å². The highest BCUT2D eigenvalue weighted by Crippen LogP contribution is 2.19. The number of H-pyrrole nitrogens is 1. The zero-order valence-corrected chi connectivity index (χ0v) is 11.4. The Morgan fingerprint density at radius 3 is 3.05 bits per heavy atom. The summed E-state index contributed by atoms with van der Waals surface area (Å²) in [6.45, 7) is 2.09. The highest BCUT2D eigenvalue weighted by molar-refractivity contribution is 5.44. The monoisotopic (exact) mass is 274 g/mol. The number of imidazole rings is 1. The molecule has 1 aliphatic rings. The van der Waals surface area contributed by atoms with Crippen LogP contribution in [0.5, 0.6) is 0 Å². The number of aromatic nitrogens is 4. The highest BCUT2D eigenvalue weighted by atomic mass is 16.3. The number of nitrogens with one attached hydrogen (secondary N) is 1. The van der Waals surface area contributed by atoms with Crippen LogP contribution in [-0.4, -0.2) is 51.3 Å². The molecule has 7 nitrogen and oxygen atoms in total. The van der Waals surface area contributed by atoms with Gasteiger partial charge in [-0.2, -0.15) is 4.98 Å². The number of anilines is 2. The van der Waals surface area contributed by atoms with Crippen molar-refractivity contribution in [3.8, 4) is 0 Å². The standard InChI is InChI=1S/C13H18N6O/c1-18(9-11-14-5-6-15-11)13-16-4-2-12(17-13)19-7-3-10(20)8-19/h2,4-6,10,20H,3,7-9H2,1H3,(H,14,15)/t10-/m0/s1. The molecule has 0 radical (unpaired) electrons. The maximum absolute atomic E-state index is 9.60. The minimum absolute atomic E-state index is 0.255. The number of nitrogens with zero attached hydrogens (tertiary/aromatic N) is 5. The van der Waals surface area contributed by atoms with E-state index in [1.54, 1.807) is 18.6 Å². The van der Waals surface area contributed by atoms with Crippen LogP contribution in [0.1, 0.15) is 12.2 Å². The average molecular weight is 274 g/mol. The lowest BCUT2D eigenvalue weighted by Gasteiger charge is -2.20. The molecule has 1 aliphatic heterocycles. The van der Waals surface area contributed by atoms with E-state index in [1.807, 2.05) is 18.0 Å². The van der Waals surface area contributed by atoms with Gasteiger partial charge in [0, 0.05) is 38.7 Å². The fraction of sp³-hybridized carbons (Fsp3) is 0.462. The summed E-state index contributed by atoms with van der Waals surface area (Å²) >= 11 is 0. The second-order valence-corrected chi connectivity index (χ2v) is 5.00. The second-order valence-electron chi connectivity index (χ2n) is 5.00. The molecule has 2 aromatic heterocycles. The van der Waals surface area contributed by atoms with Crippen molar-refractivity contribution in [2.45, 2.75) is 19.1 Å². The van der Waals surface area contributed by atoms with E-state index in [-0.39, 0.29) is 6.10 Å². The molecule has 1 atom stereocenters. The Morgan fingerprint density at radius 2 is 2.35 bits per heavy atom. The van der Waals surface area contributed by atoms with E-state index in [4.69, 9.17) is 0 Å². The van der Waals surface area contributed by atoms with Crippen molar-refractivity contribution < 1.29 is 5.11 Å². The van der Waals surface area contributed by atoms with E-state index < -0.39 is 0 Å². The van der Waals surface area contributed by atoms with E-state index in [0.29, 0.717) is 19.0 Å². The van der Waals surface area contributed by atoms with Crippen molar-refractivity contribution in [3.05, 3.63) is 30.5 Å². The number of hydrogen-bond acceptors (Lipinski definition) is 6. The number of β-amino-alcohol motifs (C(OH)–C–C–N with tert-alkyl or cyclic N) is 1. The van der Waals surface area contributed by atoms with Gasteiger partial charge in [0.2, 0.25) is 5.95 Å². The molecule has 7 heteroatoms. The van der Waals surface area contributed by atoms with E-state index in [0.717, 1.165) is 24.6 Å². The average Bonchev–Trinajstić information content (AvgIpc) is 3.10. The van der Waals surface area contributed by atoms with Crippen LogP contribution in [-0.2, 0) is 6.54 Å². The molecule has 106 valence electrons. The lowest BCUT2D eigenvalue weighted by Crippen LogP contribution is -2.24. The van der Waals surface area contributed by atoms with Crippen molar-refractivity contribution in [1.82, 2.24) is 19.9 Å². The first-order valence-electron chi connectivity index (χ1n) is 6.68. The van der Waals surface area contributed by atoms with Crippen LogP contribution in [0.2, 0.25) is 0 Å². The summed E-state index contributed by atoms with van der Waals surface area (Å²) in [4.78, 5) is 20.1. The van der Waals surface area contributed by atoms with Crippen LogP contribution >= 0.6 is 0 Å². The number of aliphatic hydroxyl groups is 1. The van der Waals surface area contributed by atoms with Gasteiger partial charge < -0.3 is 19.9 Å². The first-order chi connectivity index (χ1) is 9.72. The third-order valence-corrected chi connectivity index (χ3v) is 3.40. The molecule has 2 aromatic rings. The number of aliphatic hydroxyl groups excluding tert-OH is 1. The minimum atomic E-state index is -0.255. The highest BCUT2D eigenvalue weighted by Gasteiger charge is 2.21. The van der Waals surface area contributed by atoms with Gasteiger partial charge in [-0.25, -0.2) is 9.97 Å². The Labute approximate surface area is 117 Å². The lowest BCUT2D eigenvalue weighted by molar-refractivity contribution is 0.198. The second kappa shape index (κ2) is 5.46. The molecule has 0 aliphatic carbocycles. The van der Waals surface area contributed by atoms with Crippen LogP contribution in [0, 0.1) is 0 Å². The largest absolute Gasteiger partial charge is 0.391 e. The topological polar surface area (TPSA) is 81.2 Å². The van der Waals surface area contributed by atoms with Gasteiger partial charge >= 0.3 is 0 Å². The van der Waals surface area contributed by atoms with E-state index >= 15 is 0 Å². The van der Waals surface area contributed by atoms with Crippen molar-refractivity contribution in [2.75, 3.05) is 29.9 Å². The molecule has 0 aromatic carbocycles. The molecule has 3 rings (SSSR count). The van der Waals surface area contributed by atoms with Crippen molar-refractivity contribution in [3.63, 3.8) is 0 Å². The normalized spacial score (nSPS) is 18.5. The molecular formula is C13H18N6O. The molecule has 0 unspecified atom stereocenters. The predicted octanol–water partition coefficient (Wildman–Crippen LogP) is 0.407. The number of aromatic amines is 1. The van der Waals surface area contributed by atoms with Crippen LogP contribution in [0.25, 0.3) is 0 Å². The molecule has 0 spiro atoms. The van der Waals surface area contributed by atoms with E-state index in [1.165, 1.54) is 0 Å². The molecule has 1 saturated heterocycles. The minimum Gasteiger partial charge on any atom is -0.391 e. The Morgan fingerprint density at radius 1 is 1.45 bits per heavy atom. The van der Waals surface area contributed by atoms with Crippen LogP contribution in [0.4, 0.5) is 11.8 Å². The Bertz CT molecular complexity index is 558. The quantitative estimate of drug-likeness (QED) is 0.840. The van der Waals surface area contributed by atoms with Crippen molar-refractivity contribution >= 4 is 11.8 Å². The van der Waals surface area contributed by atoms with Gasteiger partial charge in [0.1, 0.15) is 11.6 Å². The predicted molar refractivity (Wildman–Crippen MR) is 75.6 cm³/mol. The van der Waals surface area contributed by atoms with Gasteiger partial charge in [-0.1, -0.05) is 0 Å².